The Bertz CT molecular complexity index is 1200. The summed E-state index contributed by atoms with van der Waals surface area (Å²) in [6.07, 6.45) is 0. The molecular formula is C23H21FN4O3. The Morgan fingerprint density at radius 2 is 1.97 bits per heavy atom. The van der Waals surface area contributed by atoms with Crippen LogP contribution >= 0.6 is 0 Å². The first-order valence-electron chi connectivity index (χ1n) is 9.89. The van der Waals surface area contributed by atoms with E-state index in [1.54, 1.807) is 24.3 Å². The maximum atomic E-state index is 14.8. The van der Waals surface area contributed by atoms with Gasteiger partial charge < -0.3 is 19.9 Å². The molecule has 31 heavy (non-hydrogen) atoms. The van der Waals surface area contributed by atoms with Crippen LogP contribution in [-0.2, 0) is 0 Å². The second-order valence-electron chi connectivity index (χ2n) is 6.79. The fraction of sp³-hybridized carbons (Fsp3) is 0.217. The number of rotatable bonds is 6. The summed E-state index contributed by atoms with van der Waals surface area (Å²) in [5.74, 6) is 0.0729. The first-order valence-corrected chi connectivity index (χ1v) is 9.89. The van der Waals surface area contributed by atoms with Crippen molar-refractivity contribution in [1.82, 2.24) is 10.2 Å². The van der Waals surface area contributed by atoms with E-state index in [0.717, 1.165) is 0 Å². The van der Waals surface area contributed by atoms with Gasteiger partial charge in [0, 0.05) is 17.2 Å². The monoisotopic (exact) mass is 420 g/mol. The van der Waals surface area contributed by atoms with E-state index in [4.69, 9.17) is 19.9 Å². The van der Waals surface area contributed by atoms with Gasteiger partial charge in [0.2, 0.25) is 11.8 Å². The maximum Gasteiger partial charge on any atom is 0.244 e. The highest BCUT2D eigenvalue weighted by molar-refractivity contribution is 5.76. The van der Waals surface area contributed by atoms with Crippen LogP contribution < -0.4 is 19.9 Å². The van der Waals surface area contributed by atoms with Crippen LogP contribution in [0.15, 0.2) is 53.9 Å². The predicted octanol–water partition coefficient (Wildman–Crippen LogP) is 4.23. The number of aromatic amines is 1. The van der Waals surface area contributed by atoms with Gasteiger partial charge in [0.25, 0.3) is 0 Å². The predicted molar refractivity (Wildman–Crippen MR) is 112 cm³/mol. The average molecular weight is 420 g/mol. The van der Waals surface area contributed by atoms with Crippen molar-refractivity contribution < 1.29 is 18.6 Å². The molecule has 2 aromatic carbocycles. The van der Waals surface area contributed by atoms with Crippen molar-refractivity contribution in [2.24, 2.45) is 5.73 Å². The standard InChI is InChI=1S/C23H21FN4O3/c1-3-29-13-9-10-15(18(11-13)30-4-2)21-20-19(14-7-5-6-8-17(14)24)16(12-25)22(26)31-23(20)28-27-21/h5-11,19H,3-4,26H2,1-2H3,(H,27,28)/t19-/m0/s1. The first kappa shape index (κ1) is 20.3. The topological polar surface area (TPSA) is 106 Å². The number of benzene rings is 2. The molecule has 3 aromatic rings. The minimum atomic E-state index is -0.787. The van der Waals surface area contributed by atoms with E-state index in [-0.39, 0.29) is 17.3 Å². The highest BCUT2D eigenvalue weighted by Gasteiger charge is 2.37. The molecule has 8 heteroatoms. The van der Waals surface area contributed by atoms with Gasteiger partial charge in [-0.1, -0.05) is 18.2 Å². The largest absolute Gasteiger partial charge is 0.494 e. The molecule has 7 nitrogen and oxygen atoms in total. The zero-order chi connectivity index (χ0) is 22.0. The first-order chi connectivity index (χ1) is 15.1. The number of hydrogen-bond acceptors (Lipinski definition) is 6. The summed E-state index contributed by atoms with van der Waals surface area (Å²) >= 11 is 0. The summed E-state index contributed by atoms with van der Waals surface area (Å²) in [6, 6.07) is 13.8. The lowest BCUT2D eigenvalue weighted by Crippen LogP contribution is -2.21. The van der Waals surface area contributed by atoms with E-state index in [1.165, 1.54) is 6.07 Å². The zero-order valence-electron chi connectivity index (χ0n) is 17.1. The summed E-state index contributed by atoms with van der Waals surface area (Å²) in [5, 5.41) is 17.0. The summed E-state index contributed by atoms with van der Waals surface area (Å²) in [6.45, 7) is 4.73. The lowest BCUT2D eigenvalue weighted by atomic mass is 9.82. The van der Waals surface area contributed by atoms with Gasteiger partial charge in [0.05, 0.1) is 30.4 Å². The molecule has 1 aromatic heterocycles. The molecule has 0 radical (unpaired) electrons. The number of H-pyrrole nitrogens is 1. The molecule has 0 bridgehead atoms. The third-order valence-corrected chi connectivity index (χ3v) is 4.99. The second kappa shape index (κ2) is 8.40. The molecule has 4 rings (SSSR count). The smallest absolute Gasteiger partial charge is 0.244 e. The van der Waals surface area contributed by atoms with Crippen molar-refractivity contribution in [2.45, 2.75) is 19.8 Å². The molecule has 0 saturated carbocycles. The Balaban J connectivity index is 1.94. The van der Waals surface area contributed by atoms with Gasteiger partial charge in [-0.05, 0) is 32.0 Å². The van der Waals surface area contributed by atoms with Gasteiger partial charge in [0.15, 0.2) is 0 Å². The highest BCUT2D eigenvalue weighted by atomic mass is 19.1. The molecule has 1 aliphatic rings. The van der Waals surface area contributed by atoms with E-state index >= 15 is 0 Å². The molecular weight excluding hydrogens is 399 g/mol. The molecule has 158 valence electrons. The van der Waals surface area contributed by atoms with Crippen LogP contribution in [0.3, 0.4) is 0 Å². The number of nitriles is 1. The molecule has 2 heterocycles. The average Bonchev–Trinajstić information content (AvgIpc) is 3.17. The minimum absolute atomic E-state index is 0.0990. The molecule has 0 spiro atoms. The van der Waals surface area contributed by atoms with Crippen molar-refractivity contribution in [3.05, 3.63) is 70.9 Å². The summed E-state index contributed by atoms with van der Waals surface area (Å²) in [4.78, 5) is 0. The van der Waals surface area contributed by atoms with Crippen LogP contribution in [0.25, 0.3) is 11.3 Å². The van der Waals surface area contributed by atoms with E-state index in [9.17, 15) is 9.65 Å². The van der Waals surface area contributed by atoms with Crippen LogP contribution in [0.1, 0.15) is 30.9 Å². The van der Waals surface area contributed by atoms with E-state index < -0.39 is 11.7 Å². The van der Waals surface area contributed by atoms with Gasteiger partial charge in [-0.3, -0.25) is 5.10 Å². The Hall–Kier alpha value is -3.99. The fourth-order valence-electron chi connectivity index (χ4n) is 3.71. The van der Waals surface area contributed by atoms with E-state index in [1.807, 2.05) is 26.0 Å². The summed E-state index contributed by atoms with van der Waals surface area (Å²) < 4.78 is 31.8. The van der Waals surface area contributed by atoms with E-state index in [0.29, 0.717) is 47.1 Å². The number of halogens is 1. The van der Waals surface area contributed by atoms with Crippen LogP contribution in [0.5, 0.6) is 17.4 Å². The molecule has 0 aliphatic carbocycles. The number of hydrogen-bond donors (Lipinski definition) is 2. The fourth-order valence-corrected chi connectivity index (χ4v) is 3.71. The van der Waals surface area contributed by atoms with Crippen molar-refractivity contribution in [1.29, 1.82) is 5.26 Å². The van der Waals surface area contributed by atoms with Gasteiger partial charge in [0.1, 0.15) is 29.0 Å². The molecule has 0 unspecified atom stereocenters. The van der Waals surface area contributed by atoms with Crippen molar-refractivity contribution in [2.75, 3.05) is 13.2 Å². The summed E-state index contributed by atoms with van der Waals surface area (Å²) in [5.41, 5.74) is 8.14. The van der Waals surface area contributed by atoms with Crippen LogP contribution in [0, 0.1) is 17.1 Å². The number of nitrogens with one attached hydrogen (secondary N) is 1. The van der Waals surface area contributed by atoms with Crippen molar-refractivity contribution >= 4 is 0 Å². The Labute approximate surface area is 178 Å². The van der Waals surface area contributed by atoms with Crippen LogP contribution in [-0.4, -0.2) is 23.4 Å². The van der Waals surface area contributed by atoms with Gasteiger partial charge in [-0.25, -0.2) is 4.39 Å². The number of fused-ring (bicyclic) bond motifs is 1. The van der Waals surface area contributed by atoms with Gasteiger partial charge in [-0.15, -0.1) is 5.10 Å². The van der Waals surface area contributed by atoms with Gasteiger partial charge in [-0.2, -0.15) is 5.26 Å². The second-order valence-corrected chi connectivity index (χ2v) is 6.79. The Kier molecular flexibility index (Phi) is 5.50. The Morgan fingerprint density at radius 1 is 1.19 bits per heavy atom. The lowest BCUT2D eigenvalue weighted by Gasteiger charge is -2.24. The van der Waals surface area contributed by atoms with Crippen molar-refractivity contribution in [3.8, 4) is 34.7 Å². The SMILES string of the molecule is CCOc1ccc(-c2[nH]nc3c2[C@@H](c2ccccc2F)C(C#N)=C(N)O3)c(OCC)c1. The third kappa shape index (κ3) is 3.55. The summed E-state index contributed by atoms with van der Waals surface area (Å²) in [7, 11) is 0. The number of ether oxygens (including phenoxy) is 3. The number of allylic oxidation sites excluding steroid dienone is 1. The molecule has 3 N–H and O–H groups in total. The molecule has 0 amide bonds. The van der Waals surface area contributed by atoms with Crippen LogP contribution in [0.2, 0.25) is 0 Å². The Morgan fingerprint density at radius 3 is 2.68 bits per heavy atom. The van der Waals surface area contributed by atoms with Crippen molar-refractivity contribution in [3.63, 3.8) is 0 Å². The maximum absolute atomic E-state index is 14.8. The lowest BCUT2D eigenvalue weighted by molar-refractivity contribution is 0.324. The minimum Gasteiger partial charge on any atom is -0.494 e. The third-order valence-electron chi connectivity index (χ3n) is 4.99. The van der Waals surface area contributed by atoms with Crippen LogP contribution in [0.4, 0.5) is 4.39 Å². The zero-order valence-corrected chi connectivity index (χ0v) is 17.1. The molecule has 0 fully saturated rings. The molecule has 1 atom stereocenters. The number of nitrogens with zero attached hydrogens (tertiary/aromatic N) is 2. The van der Waals surface area contributed by atoms with Gasteiger partial charge >= 0.3 is 0 Å². The quantitative estimate of drug-likeness (QED) is 0.618. The van der Waals surface area contributed by atoms with E-state index in [2.05, 4.69) is 16.3 Å². The highest BCUT2D eigenvalue weighted by Crippen LogP contribution is 2.48. The normalized spacial score (nSPS) is 15.1. The number of aromatic nitrogens is 2. The number of nitrogens with two attached hydrogens (primary N) is 1. The molecule has 0 saturated heterocycles. The molecule has 1 aliphatic heterocycles.